The largest absolute Gasteiger partial charge is 0.493 e. The average Bonchev–Trinajstić information content (AvgIpc) is 3.54. The molecule has 1 fully saturated rings. The number of unbranched alkanes of at least 4 members (excludes halogenated alkanes) is 2. The lowest BCUT2D eigenvalue weighted by Gasteiger charge is -2.16. The van der Waals surface area contributed by atoms with Crippen molar-refractivity contribution in [3.05, 3.63) is 45.6 Å². The number of hydrogen-bond acceptors (Lipinski definition) is 7. The van der Waals surface area contributed by atoms with E-state index in [1.807, 2.05) is 0 Å². The molecule has 1 aromatic carbocycles. The van der Waals surface area contributed by atoms with Gasteiger partial charge >= 0.3 is 5.56 Å². The van der Waals surface area contributed by atoms with Gasteiger partial charge in [-0.3, -0.25) is 9.78 Å². The zero-order valence-electron chi connectivity index (χ0n) is 17.8. The van der Waals surface area contributed by atoms with Gasteiger partial charge in [0.2, 0.25) is 15.9 Å². The minimum Gasteiger partial charge on any atom is -0.493 e. The third-order valence-electron chi connectivity index (χ3n) is 5.26. The molecular formula is C21H28FN3O6S. The maximum Gasteiger partial charge on any atom is 0.313 e. The second-order valence-electron chi connectivity index (χ2n) is 8.10. The number of aryl methyl sites for hydroxylation is 1. The summed E-state index contributed by atoms with van der Waals surface area (Å²) in [7, 11) is -3.57. The maximum atomic E-state index is 14.0. The molecule has 1 heterocycles. The van der Waals surface area contributed by atoms with E-state index in [-0.39, 0.29) is 23.6 Å². The van der Waals surface area contributed by atoms with E-state index >= 15 is 0 Å². The molecule has 32 heavy (non-hydrogen) atoms. The van der Waals surface area contributed by atoms with Gasteiger partial charge in [0.1, 0.15) is 5.69 Å². The van der Waals surface area contributed by atoms with Gasteiger partial charge in [0.15, 0.2) is 11.6 Å². The molecule has 11 heteroatoms. The number of aromatic nitrogens is 2. The van der Waals surface area contributed by atoms with Crippen molar-refractivity contribution in [1.82, 2.24) is 14.7 Å². The monoisotopic (exact) mass is 469 g/mol. The topological polar surface area (TPSA) is 142 Å². The summed E-state index contributed by atoms with van der Waals surface area (Å²) >= 11 is 0. The Labute approximate surface area is 185 Å². The summed E-state index contributed by atoms with van der Waals surface area (Å²) in [5.41, 5.74) is -0.117. The molecule has 9 nitrogen and oxygen atoms in total. The van der Waals surface area contributed by atoms with E-state index in [2.05, 4.69) is 14.7 Å². The van der Waals surface area contributed by atoms with Crippen LogP contribution in [-0.4, -0.2) is 41.0 Å². The number of hydrogen-bond donors (Lipinski definition) is 4. The fourth-order valence-corrected chi connectivity index (χ4v) is 4.57. The summed E-state index contributed by atoms with van der Waals surface area (Å²) in [5.74, 6) is -1.09. The number of ether oxygens (including phenoxy) is 1. The van der Waals surface area contributed by atoms with E-state index in [0.717, 1.165) is 12.8 Å². The lowest BCUT2D eigenvalue weighted by Crippen LogP contribution is -2.29. The normalized spacial score (nSPS) is 14.9. The minimum atomic E-state index is -3.57. The summed E-state index contributed by atoms with van der Waals surface area (Å²) in [6.45, 7) is 2.15. The smallest absolute Gasteiger partial charge is 0.313 e. The Hall–Kier alpha value is -2.66. The Balaban J connectivity index is 1.45. The zero-order valence-corrected chi connectivity index (χ0v) is 18.6. The van der Waals surface area contributed by atoms with E-state index in [4.69, 9.17) is 4.74 Å². The molecule has 0 amide bonds. The molecule has 0 aliphatic heterocycles. The SMILES string of the molecule is C[C@@H](NS(=O)(=O)CCCCCc1nc(O)c(=O)[nH]c1O)c1ccc(F)c(OCC2CC2)c1. The Morgan fingerprint density at radius 1 is 1.28 bits per heavy atom. The molecule has 0 radical (unpaired) electrons. The molecule has 3 rings (SSSR count). The van der Waals surface area contributed by atoms with Crippen LogP contribution in [0, 0.1) is 11.7 Å². The summed E-state index contributed by atoms with van der Waals surface area (Å²) in [5, 5.41) is 19.0. The fraction of sp³-hybridized carbons (Fsp3) is 0.524. The highest BCUT2D eigenvalue weighted by Gasteiger charge is 2.23. The summed E-state index contributed by atoms with van der Waals surface area (Å²) < 4.78 is 46.9. The number of rotatable bonds is 12. The first-order valence-corrected chi connectivity index (χ1v) is 12.2. The van der Waals surface area contributed by atoms with Crippen LogP contribution >= 0.6 is 0 Å². The highest BCUT2D eigenvalue weighted by atomic mass is 32.2. The Kier molecular flexibility index (Phi) is 7.73. The average molecular weight is 470 g/mol. The van der Waals surface area contributed by atoms with E-state index < -0.39 is 39.2 Å². The van der Waals surface area contributed by atoms with E-state index in [9.17, 15) is 27.8 Å². The van der Waals surface area contributed by atoms with Crippen LogP contribution in [0.5, 0.6) is 17.5 Å². The molecule has 2 aromatic rings. The number of sulfonamides is 1. The standard InChI is InChI=1S/C21H28FN3O6S/c1-13(15-8-9-16(22)18(11-15)31-12-14-6-7-14)25-32(29,30)10-4-2-3-5-17-19(26)24-21(28)20(27)23-17/h8-9,11,13-14,25H,2-7,10,12H2,1H3,(H,23,27)(H2,24,26,28)/t13-/m1/s1. The van der Waals surface area contributed by atoms with Crippen molar-refractivity contribution in [3.8, 4) is 17.5 Å². The van der Waals surface area contributed by atoms with Crippen LogP contribution in [-0.2, 0) is 16.4 Å². The number of nitrogens with zero attached hydrogens (tertiary/aromatic N) is 1. The van der Waals surface area contributed by atoms with Gasteiger partial charge < -0.3 is 14.9 Å². The van der Waals surface area contributed by atoms with Crippen molar-refractivity contribution in [3.63, 3.8) is 0 Å². The van der Waals surface area contributed by atoms with Gasteiger partial charge in [-0.2, -0.15) is 0 Å². The van der Waals surface area contributed by atoms with Crippen LogP contribution in [0.15, 0.2) is 23.0 Å². The fourth-order valence-electron chi connectivity index (χ4n) is 3.19. The molecule has 0 unspecified atom stereocenters. The number of benzene rings is 1. The number of aromatic hydroxyl groups is 2. The summed E-state index contributed by atoms with van der Waals surface area (Å²) in [6.07, 6.45) is 3.87. The number of halogens is 1. The molecule has 1 aromatic heterocycles. The van der Waals surface area contributed by atoms with Crippen molar-refractivity contribution >= 4 is 10.0 Å². The molecule has 1 aliphatic rings. The predicted molar refractivity (Wildman–Crippen MR) is 116 cm³/mol. The van der Waals surface area contributed by atoms with Gasteiger partial charge in [-0.05, 0) is 62.6 Å². The first kappa shape index (κ1) is 24.0. The summed E-state index contributed by atoms with van der Waals surface area (Å²) in [6, 6.07) is 3.80. The molecular weight excluding hydrogens is 441 g/mol. The van der Waals surface area contributed by atoms with Gasteiger partial charge in [0.25, 0.3) is 5.88 Å². The van der Waals surface area contributed by atoms with Crippen LogP contribution in [0.4, 0.5) is 4.39 Å². The molecule has 0 bridgehead atoms. The van der Waals surface area contributed by atoms with Gasteiger partial charge in [-0.15, -0.1) is 0 Å². The van der Waals surface area contributed by atoms with Gasteiger partial charge in [0, 0.05) is 6.04 Å². The lowest BCUT2D eigenvalue weighted by atomic mass is 10.1. The van der Waals surface area contributed by atoms with Crippen LogP contribution < -0.4 is 15.0 Å². The third-order valence-corrected chi connectivity index (χ3v) is 6.80. The quantitative estimate of drug-likeness (QED) is 0.350. The van der Waals surface area contributed by atoms with Crippen LogP contribution in [0.25, 0.3) is 0 Å². The van der Waals surface area contributed by atoms with Gasteiger partial charge in [-0.25, -0.2) is 22.5 Å². The Morgan fingerprint density at radius 2 is 2.03 bits per heavy atom. The molecule has 1 atom stereocenters. The van der Waals surface area contributed by atoms with E-state index in [1.54, 1.807) is 6.92 Å². The first-order valence-electron chi connectivity index (χ1n) is 10.6. The van der Waals surface area contributed by atoms with Gasteiger partial charge in [-0.1, -0.05) is 12.5 Å². The zero-order chi connectivity index (χ0) is 23.3. The number of H-pyrrole nitrogens is 1. The second kappa shape index (κ2) is 10.3. The maximum absolute atomic E-state index is 14.0. The third kappa shape index (κ3) is 6.92. The molecule has 1 aliphatic carbocycles. The molecule has 0 spiro atoms. The molecule has 176 valence electrons. The van der Waals surface area contributed by atoms with Crippen LogP contribution in [0.2, 0.25) is 0 Å². The highest BCUT2D eigenvalue weighted by molar-refractivity contribution is 7.89. The predicted octanol–water partition coefficient (Wildman–Crippen LogP) is 2.50. The minimum absolute atomic E-state index is 0.0974. The number of aromatic amines is 1. The van der Waals surface area contributed by atoms with E-state index in [0.29, 0.717) is 37.4 Å². The molecule has 0 saturated heterocycles. The summed E-state index contributed by atoms with van der Waals surface area (Å²) in [4.78, 5) is 16.8. The van der Waals surface area contributed by atoms with Crippen molar-refractivity contribution in [2.24, 2.45) is 5.92 Å². The number of nitrogens with one attached hydrogen (secondary N) is 2. The van der Waals surface area contributed by atoms with Crippen molar-refractivity contribution in [2.45, 2.75) is 51.5 Å². The second-order valence-corrected chi connectivity index (χ2v) is 9.97. The molecule has 4 N–H and O–H groups in total. The van der Waals surface area contributed by atoms with Gasteiger partial charge in [0.05, 0.1) is 12.4 Å². The van der Waals surface area contributed by atoms with Crippen molar-refractivity contribution < 1.29 is 27.8 Å². The Bertz CT molecular complexity index is 1100. The first-order chi connectivity index (χ1) is 15.1. The van der Waals surface area contributed by atoms with Crippen molar-refractivity contribution in [1.29, 1.82) is 0 Å². The Morgan fingerprint density at radius 3 is 2.75 bits per heavy atom. The van der Waals surface area contributed by atoms with Crippen LogP contribution in [0.1, 0.15) is 56.3 Å². The highest BCUT2D eigenvalue weighted by Crippen LogP contribution is 2.31. The van der Waals surface area contributed by atoms with E-state index in [1.165, 1.54) is 18.2 Å². The molecule has 1 saturated carbocycles. The van der Waals surface area contributed by atoms with Crippen molar-refractivity contribution in [2.75, 3.05) is 12.4 Å². The van der Waals surface area contributed by atoms with Crippen LogP contribution in [0.3, 0.4) is 0 Å². The lowest BCUT2D eigenvalue weighted by molar-refractivity contribution is 0.285.